The molecule has 4 N–H and O–H groups in total. The van der Waals surface area contributed by atoms with Crippen LogP contribution in [0.1, 0.15) is 34.3 Å². The molecule has 7 nitrogen and oxygen atoms in total. The van der Waals surface area contributed by atoms with Crippen molar-refractivity contribution >= 4 is 11.8 Å². The van der Waals surface area contributed by atoms with Crippen LogP contribution in [0, 0.1) is 0 Å². The van der Waals surface area contributed by atoms with Gasteiger partial charge in [0, 0.05) is 12.6 Å². The van der Waals surface area contributed by atoms with Crippen LogP contribution in [0.15, 0.2) is 12.1 Å². The highest BCUT2D eigenvalue weighted by molar-refractivity contribution is 5.96. The van der Waals surface area contributed by atoms with E-state index in [1.54, 1.807) is 6.07 Å². The lowest BCUT2D eigenvalue weighted by molar-refractivity contribution is 0.0927. The minimum absolute atomic E-state index is 0.0113. The van der Waals surface area contributed by atoms with E-state index in [4.69, 9.17) is 5.73 Å². The van der Waals surface area contributed by atoms with Crippen molar-refractivity contribution in [3.63, 3.8) is 0 Å². The third-order valence-corrected chi connectivity index (χ3v) is 3.30. The van der Waals surface area contributed by atoms with E-state index < -0.39 is 5.91 Å². The van der Waals surface area contributed by atoms with Crippen LogP contribution in [0.3, 0.4) is 0 Å². The summed E-state index contributed by atoms with van der Waals surface area (Å²) in [6.07, 6.45) is 1.09. The van der Waals surface area contributed by atoms with Crippen molar-refractivity contribution in [2.24, 2.45) is 5.73 Å². The van der Waals surface area contributed by atoms with E-state index in [1.807, 2.05) is 14.0 Å². The number of carbonyl (C=O) groups is 2. The second-order valence-corrected chi connectivity index (χ2v) is 5.94. The second kappa shape index (κ2) is 8.55. The summed E-state index contributed by atoms with van der Waals surface area (Å²) in [6, 6.07) is 3.08. The van der Waals surface area contributed by atoms with Crippen LogP contribution in [-0.4, -0.2) is 73.4 Å². The summed E-state index contributed by atoms with van der Waals surface area (Å²) in [5.74, 6) is -0.811. The number of nitrogens with one attached hydrogen (secondary N) is 2. The van der Waals surface area contributed by atoms with E-state index >= 15 is 0 Å². The maximum atomic E-state index is 12.1. The largest absolute Gasteiger partial charge is 0.364 e. The highest BCUT2D eigenvalue weighted by Gasteiger charge is 2.14. The van der Waals surface area contributed by atoms with Crippen molar-refractivity contribution in [2.75, 3.05) is 40.8 Å². The average molecular weight is 309 g/mol. The molecule has 1 rings (SSSR count). The molecule has 0 aliphatic rings. The molecule has 1 atom stereocenters. The number of H-pyrrole nitrogens is 1. The number of carbonyl (C=O) groups excluding carboxylic acids is 2. The first-order valence-corrected chi connectivity index (χ1v) is 7.42. The van der Waals surface area contributed by atoms with Gasteiger partial charge >= 0.3 is 0 Å². The molecule has 1 aromatic heterocycles. The number of aromatic amines is 1. The van der Waals surface area contributed by atoms with Gasteiger partial charge in [0.1, 0.15) is 11.4 Å². The highest BCUT2D eigenvalue weighted by Crippen LogP contribution is 2.02. The van der Waals surface area contributed by atoms with Crippen molar-refractivity contribution in [3.05, 3.63) is 23.5 Å². The Bertz CT molecular complexity index is 498. The Kier molecular flexibility index (Phi) is 7.07. The molecule has 0 fully saturated rings. The Morgan fingerprint density at radius 2 is 1.86 bits per heavy atom. The number of nitrogens with two attached hydrogens (primary N) is 1. The molecule has 0 aliphatic carbocycles. The van der Waals surface area contributed by atoms with Gasteiger partial charge in [-0.3, -0.25) is 9.59 Å². The molecule has 124 valence electrons. The fraction of sp³-hybridized carbons (Fsp3) is 0.600. The van der Waals surface area contributed by atoms with Crippen LogP contribution in [0.4, 0.5) is 0 Å². The van der Waals surface area contributed by atoms with Crippen molar-refractivity contribution in [3.8, 4) is 0 Å². The molecule has 0 radical (unpaired) electrons. The summed E-state index contributed by atoms with van der Waals surface area (Å²) >= 11 is 0. The first kappa shape index (κ1) is 18.2. The zero-order chi connectivity index (χ0) is 16.7. The van der Waals surface area contributed by atoms with Crippen LogP contribution < -0.4 is 11.1 Å². The van der Waals surface area contributed by atoms with Crippen molar-refractivity contribution in [1.82, 2.24) is 20.1 Å². The first-order valence-electron chi connectivity index (χ1n) is 7.42. The number of hydrogen-bond acceptors (Lipinski definition) is 4. The molecule has 0 unspecified atom stereocenters. The molecule has 0 aromatic carbocycles. The van der Waals surface area contributed by atoms with Gasteiger partial charge in [-0.2, -0.15) is 0 Å². The Morgan fingerprint density at radius 1 is 1.23 bits per heavy atom. The lowest BCUT2D eigenvalue weighted by Gasteiger charge is -2.22. The van der Waals surface area contributed by atoms with Crippen molar-refractivity contribution in [1.29, 1.82) is 0 Å². The topological polar surface area (TPSA) is 94.5 Å². The normalized spacial score (nSPS) is 12.6. The lowest BCUT2D eigenvalue weighted by Crippen LogP contribution is -2.41. The average Bonchev–Trinajstić information content (AvgIpc) is 2.87. The minimum atomic E-state index is -0.576. The number of rotatable bonds is 9. The van der Waals surface area contributed by atoms with Gasteiger partial charge in [-0.1, -0.05) is 0 Å². The second-order valence-electron chi connectivity index (χ2n) is 5.94. The molecular formula is C15H27N5O2. The fourth-order valence-electron chi connectivity index (χ4n) is 2.23. The Labute approximate surface area is 131 Å². The quantitative estimate of drug-likeness (QED) is 0.604. The Hall–Kier alpha value is -1.86. The maximum absolute atomic E-state index is 12.1. The van der Waals surface area contributed by atoms with Crippen molar-refractivity contribution in [2.45, 2.75) is 19.4 Å². The maximum Gasteiger partial charge on any atom is 0.267 e. The Balaban J connectivity index is 2.38. The number of likely N-dealkylation sites (N-methyl/N-ethyl adjacent to an activating group) is 1. The van der Waals surface area contributed by atoms with E-state index in [0.29, 0.717) is 5.69 Å². The Morgan fingerprint density at radius 3 is 2.41 bits per heavy atom. The number of nitrogens with zero attached hydrogens (tertiary/aromatic N) is 2. The van der Waals surface area contributed by atoms with Gasteiger partial charge < -0.3 is 25.8 Å². The van der Waals surface area contributed by atoms with Crippen LogP contribution in [-0.2, 0) is 0 Å². The standard InChI is InChI=1S/C15H27N5O2/c1-11(10-20(4)9-5-8-19(2)3)17-15(22)13-7-6-12(18-13)14(16)21/h6-7,11,18H,5,8-10H2,1-4H3,(H2,16,21)(H,17,22)/t11-/m0/s1. The van der Waals surface area contributed by atoms with Gasteiger partial charge in [0.25, 0.3) is 11.8 Å². The fourth-order valence-corrected chi connectivity index (χ4v) is 2.23. The summed E-state index contributed by atoms with van der Waals surface area (Å²) in [5.41, 5.74) is 5.73. The van der Waals surface area contributed by atoms with E-state index in [9.17, 15) is 9.59 Å². The third kappa shape index (κ3) is 6.28. The highest BCUT2D eigenvalue weighted by atomic mass is 16.2. The molecule has 1 aromatic rings. The smallest absolute Gasteiger partial charge is 0.267 e. The molecule has 1 heterocycles. The predicted octanol–water partition coefficient (Wildman–Crippen LogP) is 0.115. The predicted molar refractivity (Wildman–Crippen MR) is 86.9 cm³/mol. The monoisotopic (exact) mass is 309 g/mol. The molecule has 0 bridgehead atoms. The van der Waals surface area contributed by atoms with Gasteiger partial charge in [-0.25, -0.2) is 0 Å². The van der Waals surface area contributed by atoms with Gasteiger partial charge in [0.05, 0.1) is 0 Å². The summed E-state index contributed by atoms with van der Waals surface area (Å²) in [7, 11) is 6.15. The van der Waals surface area contributed by atoms with E-state index in [1.165, 1.54) is 6.07 Å². The summed E-state index contributed by atoms with van der Waals surface area (Å²) in [4.78, 5) is 30.1. The van der Waals surface area contributed by atoms with E-state index in [0.717, 1.165) is 26.1 Å². The number of aromatic nitrogens is 1. The lowest BCUT2D eigenvalue weighted by atomic mass is 10.2. The summed E-state index contributed by atoms with van der Waals surface area (Å²) in [5, 5.41) is 2.90. The molecule has 0 spiro atoms. The van der Waals surface area contributed by atoms with Gasteiger partial charge in [-0.05, 0) is 59.7 Å². The van der Waals surface area contributed by atoms with Gasteiger partial charge in [0.15, 0.2) is 0 Å². The van der Waals surface area contributed by atoms with E-state index in [-0.39, 0.29) is 17.6 Å². The first-order chi connectivity index (χ1) is 10.3. The van der Waals surface area contributed by atoms with Crippen LogP contribution in [0.2, 0.25) is 0 Å². The van der Waals surface area contributed by atoms with Crippen LogP contribution >= 0.6 is 0 Å². The molecule has 0 saturated heterocycles. The SMILES string of the molecule is C[C@@H](CN(C)CCCN(C)C)NC(=O)c1ccc(C(N)=O)[nH]1. The summed E-state index contributed by atoms with van der Waals surface area (Å²) in [6.45, 7) is 4.75. The minimum Gasteiger partial charge on any atom is -0.364 e. The number of primary amides is 1. The molecule has 2 amide bonds. The van der Waals surface area contributed by atoms with Crippen LogP contribution in [0.25, 0.3) is 0 Å². The molecular weight excluding hydrogens is 282 g/mol. The molecule has 7 heteroatoms. The molecule has 22 heavy (non-hydrogen) atoms. The number of hydrogen-bond donors (Lipinski definition) is 3. The van der Waals surface area contributed by atoms with E-state index in [2.05, 4.69) is 34.2 Å². The third-order valence-electron chi connectivity index (χ3n) is 3.30. The summed E-state index contributed by atoms with van der Waals surface area (Å²) < 4.78 is 0. The van der Waals surface area contributed by atoms with Crippen molar-refractivity contribution < 1.29 is 9.59 Å². The van der Waals surface area contributed by atoms with Crippen LogP contribution in [0.5, 0.6) is 0 Å². The zero-order valence-corrected chi connectivity index (χ0v) is 13.8. The van der Waals surface area contributed by atoms with Gasteiger partial charge in [-0.15, -0.1) is 0 Å². The van der Waals surface area contributed by atoms with Gasteiger partial charge in [0.2, 0.25) is 0 Å². The number of amides is 2. The molecule has 0 aliphatic heterocycles. The zero-order valence-electron chi connectivity index (χ0n) is 13.8. The molecule has 0 saturated carbocycles.